The number of carbonyl (C=O) groups is 2. The monoisotopic (exact) mass is 418 g/mol. The predicted octanol–water partition coefficient (Wildman–Crippen LogP) is 2.71. The van der Waals surface area contributed by atoms with Gasteiger partial charge in [0.1, 0.15) is 5.70 Å². The van der Waals surface area contributed by atoms with E-state index >= 15 is 0 Å². The van der Waals surface area contributed by atoms with Crippen molar-refractivity contribution in [2.24, 2.45) is 0 Å². The summed E-state index contributed by atoms with van der Waals surface area (Å²) in [6.07, 6.45) is 1.40. The molecule has 1 fully saturated rings. The standard InChI is InChI=1S/C23H22N4O4/c1-15-8-10-16(11-9-15)13-26-22(29)19(24-23(26)30)12-18-20(14-31-2)25-27(21(18)28)17-6-4-3-5-7-17/h3-12,25H,13-14H2,1-2H3,(H,24,30)/b19-12-. The summed E-state index contributed by atoms with van der Waals surface area (Å²) in [5, 5.41) is 5.60. The fourth-order valence-electron chi connectivity index (χ4n) is 3.39. The number of aromatic nitrogens is 2. The van der Waals surface area contributed by atoms with Gasteiger partial charge in [-0.1, -0.05) is 48.0 Å². The molecular weight excluding hydrogens is 396 g/mol. The number of carbonyl (C=O) groups excluding carboxylic acids is 2. The van der Waals surface area contributed by atoms with Crippen molar-refractivity contribution < 1.29 is 14.3 Å². The molecule has 0 aliphatic carbocycles. The zero-order valence-corrected chi connectivity index (χ0v) is 17.2. The minimum atomic E-state index is -0.524. The van der Waals surface area contributed by atoms with Crippen LogP contribution in [0.2, 0.25) is 0 Å². The summed E-state index contributed by atoms with van der Waals surface area (Å²) < 4.78 is 6.58. The molecule has 1 saturated heterocycles. The molecule has 0 bridgehead atoms. The third-order valence-corrected chi connectivity index (χ3v) is 5.02. The van der Waals surface area contributed by atoms with Crippen LogP contribution in [-0.4, -0.2) is 33.7 Å². The van der Waals surface area contributed by atoms with Crippen molar-refractivity contribution >= 4 is 18.0 Å². The Morgan fingerprint density at radius 3 is 2.39 bits per heavy atom. The average molecular weight is 418 g/mol. The summed E-state index contributed by atoms with van der Waals surface area (Å²) in [6, 6.07) is 16.1. The quantitative estimate of drug-likeness (QED) is 0.475. The van der Waals surface area contributed by atoms with Crippen LogP contribution < -0.4 is 10.9 Å². The van der Waals surface area contributed by atoms with Gasteiger partial charge in [0.05, 0.1) is 30.1 Å². The summed E-state index contributed by atoms with van der Waals surface area (Å²) >= 11 is 0. The number of nitrogens with zero attached hydrogens (tertiary/aromatic N) is 2. The predicted molar refractivity (Wildman–Crippen MR) is 115 cm³/mol. The number of ether oxygens (including phenoxy) is 1. The Hall–Kier alpha value is -3.91. The molecule has 8 heteroatoms. The molecule has 1 aliphatic heterocycles. The van der Waals surface area contributed by atoms with Gasteiger partial charge in [-0.25, -0.2) is 9.48 Å². The second-order valence-electron chi connectivity index (χ2n) is 7.28. The van der Waals surface area contributed by atoms with Crippen molar-refractivity contribution in [1.29, 1.82) is 0 Å². The largest absolute Gasteiger partial charge is 0.378 e. The van der Waals surface area contributed by atoms with Gasteiger partial charge in [0, 0.05) is 7.11 Å². The van der Waals surface area contributed by atoms with Gasteiger partial charge in [0.15, 0.2) is 0 Å². The zero-order chi connectivity index (χ0) is 22.0. The fraction of sp³-hybridized carbons (Fsp3) is 0.174. The van der Waals surface area contributed by atoms with Crippen LogP contribution in [0.1, 0.15) is 22.4 Å². The lowest BCUT2D eigenvalue weighted by atomic mass is 10.1. The number of urea groups is 1. The van der Waals surface area contributed by atoms with Crippen LogP contribution in [0.15, 0.2) is 65.1 Å². The van der Waals surface area contributed by atoms with E-state index in [1.807, 2.05) is 49.4 Å². The first-order chi connectivity index (χ1) is 15.0. The minimum Gasteiger partial charge on any atom is -0.378 e. The third kappa shape index (κ3) is 4.06. The lowest BCUT2D eigenvalue weighted by molar-refractivity contribution is -0.123. The first-order valence-electron chi connectivity index (χ1n) is 9.76. The van der Waals surface area contributed by atoms with Gasteiger partial charge in [0.25, 0.3) is 11.5 Å². The van der Waals surface area contributed by atoms with Crippen LogP contribution in [0.4, 0.5) is 4.79 Å². The van der Waals surface area contributed by atoms with Crippen molar-refractivity contribution in [3.63, 3.8) is 0 Å². The number of benzene rings is 2. The minimum absolute atomic E-state index is 0.0470. The van der Waals surface area contributed by atoms with Crippen LogP contribution in [-0.2, 0) is 22.7 Å². The van der Waals surface area contributed by atoms with E-state index in [1.165, 1.54) is 17.9 Å². The molecule has 2 N–H and O–H groups in total. The molecule has 1 aromatic heterocycles. The van der Waals surface area contributed by atoms with Gasteiger partial charge >= 0.3 is 6.03 Å². The maximum Gasteiger partial charge on any atom is 0.329 e. The second-order valence-corrected chi connectivity index (χ2v) is 7.28. The van der Waals surface area contributed by atoms with E-state index in [2.05, 4.69) is 10.4 Å². The van der Waals surface area contributed by atoms with Gasteiger partial charge in [-0.05, 0) is 30.7 Å². The van der Waals surface area contributed by atoms with E-state index < -0.39 is 11.9 Å². The summed E-state index contributed by atoms with van der Waals surface area (Å²) in [7, 11) is 1.51. The Labute approximate surface area is 178 Å². The lowest BCUT2D eigenvalue weighted by Crippen LogP contribution is -2.30. The van der Waals surface area contributed by atoms with Crippen molar-refractivity contribution in [1.82, 2.24) is 20.0 Å². The van der Waals surface area contributed by atoms with Gasteiger partial charge in [-0.2, -0.15) is 0 Å². The van der Waals surface area contributed by atoms with Crippen LogP contribution >= 0.6 is 0 Å². The molecule has 0 radical (unpaired) electrons. The highest BCUT2D eigenvalue weighted by molar-refractivity contribution is 6.13. The Kier molecular flexibility index (Phi) is 5.55. The Morgan fingerprint density at radius 2 is 1.71 bits per heavy atom. The molecule has 4 rings (SSSR count). The maximum absolute atomic E-state index is 13.0. The molecule has 2 heterocycles. The van der Waals surface area contributed by atoms with Crippen molar-refractivity contribution in [2.75, 3.05) is 7.11 Å². The van der Waals surface area contributed by atoms with Crippen LogP contribution in [0.25, 0.3) is 11.8 Å². The first-order valence-corrected chi connectivity index (χ1v) is 9.76. The highest BCUT2D eigenvalue weighted by atomic mass is 16.5. The maximum atomic E-state index is 13.0. The normalized spacial score (nSPS) is 15.0. The van der Waals surface area contributed by atoms with E-state index in [1.54, 1.807) is 12.1 Å². The first kappa shape index (κ1) is 20.4. The zero-order valence-electron chi connectivity index (χ0n) is 17.2. The van der Waals surface area contributed by atoms with Gasteiger partial charge < -0.3 is 10.1 Å². The number of nitrogens with one attached hydrogen (secondary N) is 2. The Balaban J connectivity index is 1.67. The molecule has 3 aromatic rings. The third-order valence-electron chi connectivity index (χ3n) is 5.02. The molecular formula is C23H22N4O4. The molecule has 0 unspecified atom stereocenters. The van der Waals surface area contributed by atoms with E-state index in [0.717, 1.165) is 16.0 Å². The number of methoxy groups -OCH3 is 1. The number of H-pyrrole nitrogens is 1. The highest BCUT2D eigenvalue weighted by Crippen LogP contribution is 2.18. The second kappa shape index (κ2) is 8.45. The number of rotatable bonds is 6. The van der Waals surface area contributed by atoms with Crippen molar-refractivity contribution in [2.45, 2.75) is 20.1 Å². The molecule has 3 amide bonds. The van der Waals surface area contributed by atoms with Gasteiger partial charge in [-0.3, -0.25) is 19.6 Å². The number of imide groups is 1. The smallest absolute Gasteiger partial charge is 0.329 e. The van der Waals surface area contributed by atoms with Crippen LogP contribution in [0.3, 0.4) is 0 Å². The van der Waals surface area contributed by atoms with E-state index in [0.29, 0.717) is 11.4 Å². The molecule has 0 saturated carbocycles. The number of aryl methyl sites for hydroxylation is 1. The van der Waals surface area contributed by atoms with E-state index in [4.69, 9.17) is 4.74 Å². The summed E-state index contributed by atoms with van der Waals surface area (Å²) in [4.78, 5) is 39.4. The number of hydrogen-bond acceptors (Lipinski definition) is 4. The number of para-hydroxylation sites is 1. The number of hydrogen-bond donors (Lipinski definition) is 2. The van der Waals surface area contributed by atoms with Crippen molar-refractivity contribution in [3.8, 4) is 5.69 Å². The fourth-order valence-corrected chi connectivity index (χ4v) is 3.39. The van der Waals surface area contributed by atoms with Crippen LogP contribution in [0.5, 0.6) is 0 Å². The Bertz CT molecular complexity index is 1210. The van der Waals surface area contributed by atoms with Gasteiger partial charge in [-0.15, -0.1) is 0 Å². The summed E-state index contributed by atoms with van der Waals surface area (Å²) in [5.41, 5.74) is 3.04. The van der Waals surface area contributed by atoms with Crippen molar-refractivity contribution in [3.05, 3.63) is 93.0 Å². The molecule has 158 valence electrons. The number of amides is 3. The topological polar surface area (TPSA) is 96.4 Å². The van der Waals surface area contributed by atoms with E-state index in [9.17, 15) is 14.4 Å². The lowest BCUT2D eigenvalue weighted by Gasteiger charge is -2.11. The molecule has 8 nitrogen and oxygen atoms in total. The highest BCUT2D eigenvalue weighted by Gasteiger charge is 2.34. The molecule has 0 atom stereocenters. The average Bonchev–Trinajstić information content (AvgIpc) is 3.22. The SMILES string of the molecule is COCc1[nH]n(-c2ccccc2)c(=O)c1/C=C1\NC(=O)N(Cc2ccc(C)cc2)C1=O. The molecule has 0 spiro atoms. The van der Waals surface area contributed by atoms with Crippen LogP contribution in [0, 0.1) is 6.92 Å². The Morgan fingerprint density at radius 1 is 1.00 bits per heavy atom. The summed E-state index contributed by atoms with van der Waals surface area (Å²) in [6.45, 7) is 2.26. The van der Waals surface area contributed by atoms with E-state index in [-0.39, 0.29) is 30.0 Å². The number of aromatic amines is 1. The summed E-state index contributed by atoms with van der Waals surface area (Å²) in [5.74, 6) is -0.485. The molecule has 31 heavy (non-hydrogen) atoms. The molecule has 2 aromatic carbocycles. The van der Waals surface area contributed by atoms with Gasteiger partial charge in [0.2, 0.25) is 0 Å². The molecule has 1 aliphatic rings.